The molecule has 0 aliphatic heterocycles. The molecule has 1 aromatic heterocycles. The Morgan fingerprint density at radius 3 is 2.67 bits per heavy atom. The first-order valence-electron chi connectivity index (χ1n) is 5.54. The molecular formula is C14H13NO2S. The van der Waals surface area contributed by atoms with Crippen molar-refractivity contribution in [2.75, 3.05) is 0 Å². The number of rotatable bonds is 3. The van der Waals surface area contributed by atoms with Gasteiger partial charge in [0.05, 0.1) is 16.2 Å². The summed E-state index contributed by atoms with van der Waals surface area (Å²) in [5.74, 6) is -0.427. The van der Waals surface area contributed by atoms with E-state index in [2.05, 4.69) is 5.16 Å². The Hall–Kier alpha value is -1.94. The highest BCUT2D eigenvalue weighted by molar-refractivity contribution is 7.12. The lowest BCUT2D eigenvalue weighted by Gasteiger charge is -2.02. The second-order valence-electron chi connectivity index (χ2n) is 3.85. The first-order chi connectivity index (χ1) is 8.68. The molecule has 2 rings (SSSR count). The lowest BCUT2D eigenvalue weighted by atomic mass is 10.1. The zero-order valence-corrected chi connectivity index (χ0v) is 11.0. The van der Waals surface area contributed by atoms with Gasteiger partial charge in [-0.1, -0.05) is 29.4 Å². The summed E-state index contributed by atoms with van der Waals surface area (Å²) < 4.78 is 0. The summed E-state index contributed by atoms with van der Waals surface area (Å²) in [5.41, 5.74) is 2.12. The Balaban J connectivity index is 2.09. The Morgan fingerprint density at radius 1 is 1.22 bits per heavy atom. The third-order valence-corrected chi connectivity index (χ3v) is 3.49. The van der Waals surface area contributed by atoms with E-state index in [0.29, 0.717) is 11.3 Å². The smallest absolute Gasteiger partial charge is 0.312 e. The minimum Gasteiger partial charge on any atom is -0.312 e. The Bertz CT molecular complexity index is 573. The molecule has 1 heterocycles. The van der Waals surface area contributed by atoms with Crippen LogP contribution in [0, 0.1) is 6.92 Å². The van der Waals surface area contributed by atoms with Gasteiger partial charge in [-0.3, -0.25) is 0 Å². The number of hydrogen-bond donors (Lipinski definition) is 0. The zero-order chi connectivity index (χ0) is 13.0. The summed E-state index contributed by atoms with van der Waals surface area (Å²) in [6.07, 6.45) is 0. The molecule has 2 aromatic rings. The van der Waals surface area contributed by atoms with Crippen molar-refractivity contribution >= 4 is 23.0 Å². The fraction of sp³-hybridized carbons (Fsp3) is 0.143. The van der Waals surface area contributed by atoms with E-state index in [1.54, 1.807) is 23.5 Å². The number of nitrogens with zero attached hydrogens (tertiary/aromatic N) is 1. The number of benzene rings is 1. The van der Waals surface area contributed by atoms with Gasteiger partial charge in [0, 0.05) is 0 Å². The van der Waals surface area contributed by atoms with E-state index in [9.17, 15) is 4.79 Å². The summed E-state index contributed by atoms with van der Waals surface area (Å²) in [5, 5.41) is 5.82. The van der Waals surface area contributed by atoms with Gasteiger partial charge in [0.25, 0.3) is 0 Å². The van der Waals surface area contributed by atoms with Crippen molar-refractivity contribution in [2.45, 2.75) is 13.8 Å². The second kappa shape index (κ2) is 5.60. The van der Waals surface area contributed by atoms with Crippen LogP contribution in [0.1, 0.15) is 27.7 Å². The van der Waals surface area contributed by atoms with Gasteiger partial charge in [0.2, 0.25) is 0 Å². The molecule has 0 fully saturated rings. The molecule has 4 heteroatoms. The molecule has 0 unspecified atom stereocenters. The van der Waals surface area contributed by atoms with Gasteiger partial charge >= 0.3 is 5.97 Å². The molecule has 0 amide bonds. The van der Waals surface area contributed by atoms with Crippen LogP contribution in [0.5, 0.6) is 0 Å². The number of hydrogen-bond acceptors (Lipinski definition) is 4. The second-order valence-corrected chi connectivity index (χ2v) is 4.80. The average Bonchev–Trinajstić information content (AvgIpc) is 2.90. The Kier molecular flexibility index (Phi) is 3.89. The van der Waals surface area contributed by atoms with Gasteiger partial charge in [-0.05, 0) is 36.9 Å². The van der Waals surface area contributed by atoms with Crippen molar-refractivity contribution in [2.24, 2.45) is 5.16 Å². The topological polar surface area (TPSA) is 38.7 Å². The maximum absolute atomic E-state index is 11.8. The Morgan fingerprint density at radius 2 is 2.00 bits per heavy atom. The van der Waals surface area contributed by atoms with Crippen LogP contribution in [0.25, 0.3) is 0 Å². The lowest BCUT2D eigenvalue weighted by molar-refractivity contribution is 0.0515. The molecule has 18 heavy (non-hydrogen) atoms. The van der Waals surface area contributed by atoms with E-state index in [4.69, 9.17) is 4.84 Å². The highest BCUT2D eigenvalue weighted by Crippen LogP contribution is 2.12. The average molecular weight is 259 g/mol. The molecule has 0 radical (unpaired) electrons. The van der Waals surface area contributed by atoms with Gasteiger partial charge in [-0.2, -0.15) is 0 Å². The molecular weight excluding hydrogens is 246 g/mol. The molecule has 0 aliphatic carbocycles. The molecule has 92 valence electrons. The fourth-order valence-electron chi connectivity index (χ4n) is 1.49. The van der Waals surface area contributed by atoms with Gasteiger partial charge in [0.1, 0.15) is 0 Å². The summed E-state index contributed by atoms with van der Waals surface area (Å²) in [6, 6.07) is 11.2. The molecule has 0 saturated heterocycles. The zero-order valence-electron chi connectivity index (χ0n) is 10.2. The fourth-order valence-corrected chi connectivity index (χ4v) is 2.16. The normalized spacial score (nSPS) is 11.3. The van der Waals surface area contributed by atoms with E-state index >= 15 is 0 Å². The third-order valence-electron chi connectivity index (χ3n) is 2.51. The van der Waals surface area contributed by atoms with E-state index in [1.165, 1.54) is 0 Å². The van der Waals surface area contributed by atoms with Gasteiger partial charge in [-0.15, -0.1) is 11.3 Å². The summed E-state index contributed by atoms with van der Waals surface area (Å²) in [7, 11) is 0. The maximum atomic E-state index is 11.8. The van der Waals surface area contributed by atoms with Crippen molar-refractivity contribution in [3.63, 3.8) is 0 Å². The van der Waals surface area contributed by atoms with E-state index in [1.807, 2.05) is 43.5 Å². The molecule has 0 bridgehead atoms. The van der Waals surface area contributed by atoms with Crippen molar-refractivity contribution in [3.8, 4) is 0 Å². The highest BCUT2D eigenvalue weighted by atomic mass is 32.1. The van der Waals surface area contributed by atoms with Crippen molar-refractivity contribution in [1.29, 1.82) is 0 Å². The van der Waals surface area contributed by atoms with Crippen LogP contribution in [0.15, 0.2) is 46.9 Å². The largest absolute Gasteiger partial charge is 0.366 e. The SMILES string of the molecule is CC(=NOC(=O)c1ccccc1C)c1cccs1. The quantitative estimate of drug-likeness (QED) is 0.479. The first-order valence-corrected chi connectivity index (χ1v) is 6.42. The van der Waals surface area contributed by atoms with Crippen LogP contribution in [0.2, 0.25) is 0 Å². The van der Waals surface area contributed by atoms with Crippen LogP contribution in [-0.2, 0) is 4.84 Å². The van der Waals surface area contributed by atoms with Gasteiger partial charge in [-0.25, -0.2) is 4.79 Å². The minimum absolute atomic E-state index is 0.427. The number of carbonyl (C=O) groups excluding carboxylic acids is 1. The molecule has 0 saturated carbocycles. The van der Waals surface area contributed by atoms with Crippen LogP contribution < -0.4 is 0 Å². The van der Waals surface area contributed by atoms with Crippen LogP contribution >= 0.6 is 11.3 Å². The molecule has 0 N–H and O–H groups in total. The summed E-state index contributed by atoms with van der Waals surface area (Å²) in [6.45, 7) is 3.68. The predicted molar refractivity (Wildman–Crippen MR) is 73.1 cm³/mol. The van der Waals surface area contributed by atoms with Crippen molar-refractivity contribution < 1.29 is 9.63 Å². The molecule has 3 nitrogen and oxygen atoms in total. The monoisotopic (exact) mass is 259 g/mol. The predicted octanol–water partition coefficient (Wildman–Crippen LogP) is 3.64. The number of thiophene rings is 1. The molecule has 1 aromatic carbocycles. The standard InChI is InChI=1S/C14H13NO2S/c1-10-6-3-4-7-12(10)14(16)17-15-11(2)13-8-5-9-18-13/h3-9H,1-2H3. The first kappa shape index (κ1) is 12.5. The minimum atomic E-state index is -0.427. The van der Waals surface area contributed by atoms with Crippen molar-refractivity contribution in [1.82, 2.24) is 0 Å². The van der Waals surface area contributed by atoms with Crippen molar-refractivity contribution in [3.05, 3.63) is 57.8 Å². The van der Waals surface area contributed by atoms with Gasteiger partial charge in [0.15, 0.2) is 0 Å². The summed E-state index contributed by atoms with van der Waals surface area (Å²) >= 11 is 1.56. The molecule has 0 spiro atoms. The van der Waals surface area contributed by atoms with Gasteiger partial charge < -0.3 is 4.84 Å². The third kappa shape index (κ3) is 2.84. The van der Waals surface area contributed by atoms with E-state index < -0.39 is 5.97 Å². The molecule has 0 aliphatic rings. The van der Waals surface area contributed by atoms with Crippen LogP contribution in [-0.4, -0.2) is 11.7 Å². The van der Waals surface area contributed by atoms with Crippen LogP contribution in [0.3, 0.4) is 0 Å². The van der Waals surface area contributed by atoms with Crippen LogP contribution in [0.4, 0.5) is 0 Å². The van der Waals surface area contributed by atoms with E-state index in [0.717, 1.165) is 10.4 Å². The molecule has 0 atom stereocenters. The number of aryl methyl sites for hydroxylation is 1. The number of oxime groups is 1. The summed E-state index contributed by atoms with van der Waals surface area (Å²) in [4.78, 5) is 17.8. The van der Waals surface area contributed by atoms with E-state index in [-0.39, 0.29) is 0 Å². The Labute approximate surface area is 110 Å². The lowest BCUT2D eigenvalue weighted by Crippen LogP contribution is -2.05. The number of carbonyl (C=O) groups is 1. The maximum Gasteiger partial charge on any atom is 0.366 e. The highest BCUT2D eigenvalue weighted by Gasteiger charge is 2.10.